The molecule has 3 aromatic heterocycles. The second-order valence-electron chi connectivity index (χ2n) is 8.88. The molecule has 0 aliphatic heterocycles. The molecule has 5 aromatic carbocycles. The highest BCUT2D eigenvalue weighted by molar-refractivity contribution is 6.17. The van der Waals surface area contributed by atoms with E-state index in [4.69, 9.17) is 8.83 Å². The summed E-state index contributed by atoms with van der Waals surface area (Å²) in [5, 5.41) is 4.58. The van der Waals surface area contributed by atoms with Crippen LogP contribution >= 0.6 is 0 Å². The van der Waals surface area contributed by atoms with Gasteiger partial charge in [-0.05, 0) is 42.0 Å². The molecular formula is C31H18N2O2. The molecule has 35 heavy (non-hydrogen) atoms. The highest BCUT2D eigenvalue weighted by Crippen LogP contribution is 2.39. The summed E-state index contributed by atoms with van der Waals surface area (Å²) in [6, 6.07) is 35.8. The zero-order valence-electron chi connectivity index (χ0n) is 18.6. The van der Waals surface area contributed by atoms with E-state index in [9.17, 15) is 0 Å². The van der Waals surface area contributed by atoms with Gasteiger partial charge in [0.15, 0.2) is 12.0 Å². The summed E-state index contributed by atoms with van der Waals surface area (Å²) >= 11 is 0. The second kappa shape index (κ2) is 6.84. The van der Waals surface area contributed by atoms with E-state index in [1.54, 1.807) is 0 Å². The number of hydrogen-bond donors (Lipinski definition) is 0. The summed E-state index contributed by atoms with van der Waals surface area (Å²) in [5.41, 5.74) is 8.87. The minimum atomic E-state index is 0.795. The number of hydrogen-bond acceptors (Lipinski definition) is 3. The smallest absolute Gasteiger partial charge is 0.182 e. The van der Waals surface area contributed by atoms with E-state index >= 15 is 0 Å². The highest BCUT2D eigenvalue weighted by Gasteiger charge is 2.18. The van der Waals surface area contributed by atoms with E-state index in [1.807, 2.05) is 30.3 Å². The zero-order chi connectivity index (χ0) is 22.9. The average molecular weight is 450 g/mol. The van der Waals surface area contributed by atoms with Crippen LogP contribution in [0.4, 0.5) is 0 Å². The van der Waals surface area contributed by atoms with E-state index in [1.165, 1.54) is 11.8 Å². The molecule has 0 fully saturated rings. The lowest BCUT2D eigenvalue weighted by Crippen LogP contribution is -1.95. The number of oxazole rings is 1. The van der Waals surface area contributed by atoms with Crippen LogP contribution in [-0.2, 0) is 0 Å². The van der Waals surface area contributed by atoms with Crippen LogP contribution in [-0.4, -0.2) is 9.55 Å². The van der Waals surface area contributed by atoms with Gasteiger partial charge in [-0.25, -0.2) is 4.98 Å². The van der Waals surface area contributed by atoms with Crippen molar-refractivity contribution < 1.29 is 8.83 Å². The molecular weight excluding hydrogens is 432 g/mol. The topological polar surface area (TPSA) is 44.1 Å². The van der Waals surface area contributed by atoms with Crippen LogP contribution in [0.25, 0.3) is 71.7 Å². The largest absolute Gasteiger partial charge is 0.456 e. The molecule has 8 aromatic rings. The van der Waals surface area contributed by atoms with Gasteiger partial charge >= 0.3 is 0 Å². The van der Waals surface area contributed by atoms with Crippen LogP contribution in [0.2, 0.25) is 0 Å². The van der Waals surface area contributed by atoms with Crippen LogP contribution in [0.15, 0.2) is 118 Å². The van der Waals surface area contributed by atoms with Crippen molar-refractivity contribution in [3.8, 4) is 16.8 Å². The third-order valence-corrected chi connectivity index (χ3v) is 6.93. The van der Waals surface area contributed by atoms with Crippen molar-refractivity contribution in [3.05, 3.63) is 110 Å². The maximum Gasteiger partial charge on any atom is 0.182 e. The fraction of sp³-hybridized carbons (Fsp3) is 0. The Hall–Kier alpha value is -4.83. The molecule has 0 bridgehead atoms. The van der Waals surface area contributed by atoms with Crippen molar-refractivity contribution in [2.45, 2.75) is 0 Å². The molecule has 0 saturated carbocycles. The molecule has 0 radical (unpaired) electrons. The van der Waals surface area contributed by atoms with Gasteiger partial charge in [-0.15, -0.1) is 0 Å². The van der Waals surface area contributed by atoms with E-state index in [0.29, 0.717) is 0 Å². The quantitative estimate of drug-likeness (QED) is 0.265. The number of rotatable bonds is 2. The number of nitrogens with zero attached hydrogens (tertiary/aromatic N) is 2. The Bertz CT molecular complexity index is 2060. The Morgan fingerprint density at radius 2 is 1.40 bits per heavy atom. The van der Waals surface area contributed by atoms with Gasteiger partial charge in [-0.2, -0.15) is 0 Å². The Balaban J connectivity index is 1.52. The van der Waals surface area contributed by atoms with Gasteiger partial charge in [0.1, 0.15) is 16.7 Å². The Labute approximate surface area is 199 Å². The van der Waals surface area contributed by atoms with Gasteiger partial charge in [-0.3, -0.25) is 0 Å². The van der Waals surface area contributed by atoms with Gasteiger partial charge in [0.25, 0.3) is 0 Å². The fourth-order valence-corrected chi connectivity index (χ4v) is 5.38. The molecule has 4 heteroatoms. The molecule has 0 aliphatic carbocycles. The summed E-state index contributed by atoms with van der Waals surface area (Å²) < 4.78 is 14.4. The Morgan fingerprint density at radius 3 is 2.31 bits per heavy atom. The molecule has 0 amide bonds. The maximum absolute atomic E-state index is 6.22. The molecule has 0 N–H and O–H groups in total. The molecule has 0 atom stereocenters. The van der Waals surface area contributed by atoms with Crippen molar-refractivity contribution in [2.24, 2.45) is 0 Å². The van der Waals surface area contributed by atoms with Crippen molar-refractivity contribution in [2.75, 3.05) is 0 Å². The average Bonchev–Trinajstić information content (AvgIpc) is 3.61. The predicted octanol–water partition coefficient (Wildman–Crippen LogP) is 8.49. The Morgan fingerprint density at radius 1 is 0.600 bits per heavy atom. The van der Waals surface area contributed by atoms with Crippen LogP contribution in [0.5, 0.6) is 0 Å². The number of benzene rings is 5. The monoisotopic (exact) mass is 450 g/mol. The lowest BCUT2D eigenvalue weighted by molar-refractivity contribution is 0.603. The van der Waals surface area contributed by atoms with Crippen molar-refractivity contribution in [1.29, 1.82) is 0 Å². The minimum absolute atomic E-state index is 0.795. The van der Waals surface area contributed by atoms with Gasteiger partial charge in [0.2, 0.25) is 0 Å². The van der Waals surface area contributed by atoms with Crippen LogP contribution < -0.4 is 0 Å². The van der Waals surface area contributed by atoms with Crippen LogP contribution in [0.1, 0.15) is 0 Å². The molecule has 0 saturated heterocycles. The molecule has 0 aliphatic rings. The van der Waals surface area contributed by atoms with E-state index in [0.717, 1.165) is 66.3 Å². The maximum atomic E-state index is 6.22. The summed E-state index contributed by atoms with van der Waals surface area (Å²) in [7, 11) is 0. The lowest BCUT2D eigenvalue weighted by Gasteiger charge is -2.11. The summed E-state index contributed by atoms with van der Waals surface area (Å²) in [6.07, 6.45) is 1.52. The van der Waals surface area contributed by atoms with E-state index in [-0.39, 0.29) is 0 Å². The summed E-state index contributed by atoms with van der Waals surface area (Å²) in [5.74, 6) is 0. The molecule has 0 spiro atoms. The molecule has 0 unspecified atom stereocenters. The first-order valence-corrected chi connectivity index (χ1v) is 11.6. The SMILES string of the molecule is c1ccc(-c2cc(-n3c4ccccc4c4cc5oc6ccccc6c5cc43)cc3ncoc23)cc1. The fourth-order valence-electron chi connectivity index (χ4n) is 5.38. The first-order valence-electron chi connectivity index (χ1n) is 11.6. The molecule has 164 valence electrons. The van der Waals surface area contributed by atoms with E-state index in [2.05, 4.69) is 82.3 Å². The first-order chi connectivity index (χ1) is 17.3. The first kappa shape index (κ1) is 18.6. The van der Waals surface area contributed by atoms with E-state index < -0.39 is 0 Å². The zero-order valence-corrected chi connectivity index (χ0v) is 18.6. The highest BCUT2D eigenvalue weighted by atomic mass is 16.3. The molecule has 8 rings (SSSR count). The third-order valence-electron chi connectivity index (χ3n) is 6.93. The van der Waals surface area contributed by atoms with Crippen LogP contribution in [0, 0.1) is 0 Å². The number of fused-ring (bicyclic) bond motifs is 7. The Kier molecular flexibility index (Phi) is 3.63. The second-order valence-corrected chi connectivity index (χ2v) is 8.88. The number of para-hydroxylation sites is 2. The lowest BCUT2D eigenvalue weighted by atomic mass is 10.0. The van der Waals surface area contributed by atoms with Crippen molar-refractivity contribution in [3.63, 3.8) is 0 Å². The van der Waals surface area contributed by atoms with Crippen LogP contribution in [0.3, 0.4) is 0 Å². The predicted molar refractivity (Wildman–Crippen MR) is 141 cm³/mol. The molecule has 4 nitrogen and oxygen atoms in total. The summed E-state index contributed by atoms with van der Waals surface area (Å²) in [6.45, 7) is 0. The van der Waals surface area contributed by atoms with Crippen molar-refractivity contribution >= 4 is 54.8 Å². The van der Waals surface area contributed by atoms with Gasteiger partial charge < -0.3 is 13.4 Å². The van der Waals surface area contributed by atoms with Crippen molar-refractivity contribution in [1.82, 2.24) is 9.55 Å². The number of furan rings is 1. The number of aromatic nitrogens is 2. The minimum Gasteiger partial charge on any atom is -0.456 e. The van der Waals surface area contributed by atoms with Gasteiger partial charge in [-0.1, -0.05) is 66.7 Å². The van der Waals surface area contributed by atoms with Gasteiger partial charge in [0, 0.05) is 32.8 Å². The standard InChI is InChI=1S/C31H18N2O2/c1-2-8-19(9-3-1)23-14-20(15-26-31(23)34-18-32-26)33-27-12-6-4-10-21(27)24-17-30-25(16-28(24)33)22-11-5-7-13-29(22)35-30/h1-18H. The molecule has 3 heterocycles. The third kappa shape index (κ3) is 2.59. The normalized spacial score (nSPS) is 12.0. The summed E-state index contributed by atoms with van der Waals surface area (Å²) in [4.78, 5) is 4.52. The van der Waals surface area contributed by atoms with Gasteiger partial charge in [0.05, 0.1) is 11.0 Å².